The number of hydrogen-bond donors (Lipinski definition) is 0. The van der Waals surface area contributed by atoms with Crippen LogP contribution >= 0.6 is 27.5 Å². The normalized spacial score (nSPS) is 15.1. The molecule has 0 spiro atoms. The van der Waals surface area contributed by atoms with Crippen LogP contribution in [-0.2, 0) is 0 Å². The van der Waals surface area contributed by atoms with Crippen molar-refractivity contribution in [3.8, 4) is 17.1 Å². The summed E-state index contributed by atoms with van der Waals surface area (Å²) in [6.45, 7) is 3.74. The number of fused-ring (bicyclic) bond motifs is 1. The molecule has 0 atom stereocenters. The zero-order valence-corrected chi connectivity index (χ0v) is 17.8. The van der Waals surface area contributed by atoms with Gasteiger partial charge in [-0.1, -0.05) is 40.0 Å². The Morgan fingerprint density at radius 1 is 1.11 bits per heavy atom. The fourth-order valence-electron chi connectivity index (χ4n) is 3.56. The van der Waals surface area contributed by atoms with E-state index < -0.39 is 0 Å². The standard InChI is InChI=1S/C22H21BrClNO3/c23-15-7-8-17(20(13-15)27-12-11-25-9-2-1-3-10-25)21-14-19(26)16-5-4-6-18(24)22(16)28-21/h4-8,13-14H,1-3,9-12H2. The van der Waals surface area contributed by atoms with E-state index in [0.717, 1.165) is 29.7 Å². The second kappa shape index (κ2) is 8.68. The van der Waals surface area contributed by atoms with Gasteiger partial charge in [-0.25, -0.2) is 0 Å². The first kappa shape index (κ1) is 19.5. The van der Waals surface area contributed by atoms with Gasteiger partial charge in [-0.05, 0) is 56.3 Å². The zero-order chi connectivity index (χ0) is 19.5. The Labute approximate surface area is 177 Å². The second-order valence-electron chi connectivity index (χ2n) is 6.98. The van der Waals surface area contributed by atoms with Crippen LogP contribution in [0.5, 0.6) is 5.75 Å². The monoisotopic (exact) mass is 461 g/mol. The van der Waals surface area contributed by atoms with Crippen molar-refractivity contribution < 1.29 is 9.15 Å². The number of rotatable bonds is 5. The minimum atomic E-state index is -0.124. The van der Waals surface area contributed by atoms with Crippen LogP contribution in [0.15, 0.2) is 56.1 Å². The average Bonchev–Trinajstić information content (AvgIpc) is 2.70. The van der Waals surface area contributed by atoms with Gasteiger partial charge in [-0.3, -0.25) is 9.69 Å². The van der Waals surface area contributed by atoms with Crippen molar-refractivity contribution in [2.75, 3.05) is 26.2 Å². The molecular weight excluding hydrogens is 442 g/mol. The maximum atomic E-state index is 12.5. The third kappa shape index (κ3) is 4.27. The van der Waals surface area contributed by atoms with Gasteiger partial charge in [0, 0.05) is 17.1 Å². The van der Waals surface area contributed by atoms with Gasteiger partial charge >= 0.3 is 0 Å². The number of likely N-dealkylation sites (tertiary alicyclic amines) is 1. The van der Waals surface area contributed by atoms with E-state index in [4.69, 9.17) is 20.8 Å². The number of benzene rings is 2. The van der Waals surface area contributed by atoms with Crippen LogP contribution in [0.3, 0.4) is 0 Å². The number of nitrogens with zero attached hydrogens (tertiary/aromatic N) is 1. The maximum Gasteiger partial charge on any atom is 0.193 e. The largest absolute Gasteiger partial charge is 0.491 e. The van der Waals surface area contributed by atoms with Gasteiger partial charge in [0.2, 0.25) is 0 Å². The summed E-state index contributed by atoms with van der Waals surface area (Å²) in [4.78, 5) is 15.0. The molecular formula is C22H21BrClNO3. The van der Waals surface area contributed by atoms with Gasteiger partial charge in [-0.15, -0.1) is 0 Å². The topological polar surface area (TPSA) is 42.7 Å². The Morgan fingerprint density at radius 3 is 2.75 bits per heavy atom. The van der Waals surface area contributed by atoms with E-state index in [1.54, 1.807) is 18.2 Å². The molecule has 1 aliphatic rings. The van der Waals surface area contributed by atoms with Gasteiger partial charge < -0.3 is 9.15 Å². The minimum Gasteiger partial charge on any atom is -0.491 e. The Balaban J connectivity index is 1.63. The van der Waals surface area contributed by atoms with E-state index in [0.29, 0.717) is 34.1 Å². The Kier molecular flexibility index (Phi) is 6.04. The highest BCUT2D eigenvalue weighted by atomic mass is 79.9. The van der Waals surface area contributed by atoms with Gasteiger partial charge in [-0.2, -0.15) is 0 Å². The SMILES string of the molecule is O=c1cc(-c2ccc(Br)cc2OCCN2CCCCC2)oc2c(Cl)cccc12. The van der Waals surface area contributed by atoms with Crippen LogP contribution in [-0.4, -0.2) is 31.1 Å². The van der Waals surface area contributed by atoms with Gasteiger partial charge in [0.1, 0.15) is 18.1 Å². The average molecular weight is 463 g/mol. The highest BCUT2D eigenvalue weighted by molar-refractivity contribution is 9.10. The summed E-state index contributed by atoms with van der Waals surface area (Å²) in [5.41, 5.74) is 1.01. The molecule has 3 aromatic rings. The molecule has 2 heterocycles. The first-order chi connectivity index (χ1) is 13.6. The molecule has 28 heavy (non-hydrogen) atoms. The smallest absolute Gasteiger partial charge is 0.193 e. The van der Waals surface area contributed by atoms with Crippen LogP contribution in [0.2, 0.25) is 5.02 Å². The van der Waals surface area contributed by atoms with E-state index in [-0.39, 0.29) is 5.43 Å². The summed E-state index contributed by atoms with van der Waals surface area (Å²) < 4.78 is 13.0. The number of halogens is 2. The third-order valence-electron chi connectivity index (χ3n) is 5.03. The molecule has 0 radical (unpaired) electrons. The van der Waals surface area contributed by atoms with E-state index in [1.165, 1.54) is 25.3 Å². The molecule has 0 aliphatic carbocycles. The summed E-state index contributed by atoms with van der Waals surface area (Å²) in [7, 11) is 0. The molecule has 0 saturated carbocycles. The molecule has 0 unspecified atom stereocenters. The van der Waals surface area contributed by atoms with E-state index in [2.05, 4.69) is 20.8 Å². The fraction of sp³-hybridized carbons (Fsp3) is 0.318. The van der Waals surface area contributed by atoms with Gasteiger partial charge in [0.25, 0.3) is 0 Å². The maximum absolute atomic E-state index is 12.5. The van der Waals surface area contributed by atoms with Gasteiger partial charge in [0.15, 0.2) is 11.0 Å². The van der Waals surface area contributed by atoms with Crippen LogP contribution in [0.1, 0.15) is 19.3 Å². The van der Waals surface area contributed by atoms with Crippen LogP contribution in [0, 0.1) is 0 Å². The molecule has 1 aromatic heterocycles. The first-order valence-corrected chi connectivity index (χ1v) is 10.7. The fourth-order valence-corrected chi connectivity index (χ4v) is 4.12. The van der Waals surface area contributed by atoms with Crippen LogP contribution < -0.4 is 10.2 Å². The van der Waals surface area contributed by atoms with E-state index >= 15 is 0 Å². The highest BCUT2D eigenvalue weighted by Crippen LogP contribution is 2.34. The number of para-hydroxylation sites is 1. The van der Waals surface area contributed by atoms with E-state index in [1.807, 2.05) is 18.2 Å². The Morgan fingerprint density at radius 2 is 1.93 bits per heavy atom. The summed E-state index contributed by atoms with van der Waals surface area (Å²) in [5, 5.41) is 0.891. The molecule has 1 fully saturated rings. The molecule has 0 amide bonds. The van der Waals surface area contributed by atoms with Crippen molar-refractivity contribution in [3.63, 3.8) is 0 Å². The summed E-state index contributed by atoms with van der Waals surface area (Å²) in [6.07, 6.45) is 3.83. The molecule has 1 aliphatic heterocycles. The van der Waals surface area contributed by atoms with Crippen molar-refractivity contribution >= 4 is 38.5 Å². The van der Waals surface area contributed by atoms with Crippen molar-refractivity contribution in [2.24, 2.45) is 0 Å². The molecule has 4 nitrogen and oxygen atoms in total. The first-order valence-electron chi connectivity index (χ1n) is 9.49. The van der Waals surface area contributed by atoms with E-state index in [9.17, 15) is 4.79 Å². The second-order valence-corrected chi connectivity index (χ2v) is 8.31. The van der Waals surface area contributed by atoms with Crippen molar-refractivity contribution in [1.29, 1.82) is 0 Å². The molecule has 0 N–H and O–H groups in total. The van der Waals surface area contributed by atoms with Crippen molar-refractivity contribution in [2.45, 2.75) is 19.3 Å². The lowest BCUT2D eigenvalue weighted by molar-refractivity contribution is 0.183. The molecule has 0 bridgehead atoms. The Hall–Kier alpha value is -1.82. The minimum absolute atomic E-state index is 0.124. The third-order valence-corrected chi connectivity index (χ3v) is 5.82. The molecule has 146 valence electrons. The molecule has 2 aromatic carbocycles. The lowest BCUT2D eigenvalue weighted by Crippen LogP contribution is -2.33. The van der Waals surface area contributed by atoms with Crippen molar-refractivity contribution in [1.82, 2.24) is 4.90 Å². The predicted octanol–water partition coefficient (Wildman–Crippen LogP) is 5.74. The molecule has 4 rings (SSSR count). The zero-order valence-electron chi connectivity index (χ0n) is 15.4. The number of piperidine rings is 1. The Bertz CT molecular complexity index is 1040. The number of hydrogen-bond acceptors (Lipinski definition) is 4. The summed E-state index contributed by atoms with van der Waals surface area (Å²) in [5.74, 6) is 1.13. The lowest BCUT2D eigenvalue weighted by atomic mass is 10.1. The van der Waals surface area contributed by atoms with Crippen LogP contribution in [0.4, 0.5) is 0 Å². The lowest BCUT2D eigenvalue weighted by Gasteiger charge is -2.26. The van der Waals surface area contributed by atoms with Crippen LogP contribution in [0.25, 0.3) is 22.3 Å². The summed E-state index contributed by atoms with van der Waals surface area (Å²) >= 11 is 9.75. The number of ether oxygens (including phenoxy) is 1. The molecule has 1 saturated heterocycles. The van der Waals surface area contributed by atoms with Crippen molar-refractivity contribution in [3.05, 3.63) is 62.2 Å². The quantitative estimate of drug-likeness (QED) is 0.485. The summed E-state index contributed by atoms with van der Waals surface area (Å²) in [6, 6.07) is 12.4. The molecule has 6 heteroatoms. The van der Waals surface area contributed by atoms with Gasteiger partial charge in [0.05, 0.1) is 16.0 Å². The predicted molar refractivity (Wildman–Crippen MR) is 116 cm³/mol. The highest BCUT2D eigenvalue weighted by Gasteiger charge is 2.15.